The maximum atomic E-state index is 14.8. The second-order valence-electron chi connectivity index (χ2n) is 10.5. The van der Waals surface area contributed by atoms with E-state index in [2.05, 4.69) is 10.3 Å². The maximum Gasteiger partial charge on any atom is 0.252 e. The van der Waals surface area contributed by atoms with Crippen LogP contribution >= 0.6 is 11.6 Å². The number of benzene rings is 2. The van der Waals surface area contributed by atoms with E-state index in [1.807, 2.05) is 0 Å². The predicted octanol–water partition coefficient (Wildman–Crippen LogP) is 4.65. The number of sulfonamides is 1. The minimum Gasteiger partial charge on any atom is -0.351 e. The molecule has 1 saturated heterocycles. The largest absolute Gasteiger partial charge is 0.351 e. The first-order chi connectivity index (χ1) is 20.3. The number of hydrogen-bond acceptors (Lipinski definition) is 6. The summed E-state index contributed by atoms with van der Waals surface area (Å²) in [4.78, 5) is 33.5. The highest BCUT2D eigenvalue weighted by Crippen LogP contribution is 2.40. The summed E-state index contributed by atoms with van der Waals surface area (Å²) in [6.07, 6.45) is -0.0420. The van der Waals surface area contributed by atoms with Crippen molar-refractivity contribution in [2.24, 2.45) is 0 Å². The molecule has 0 bridgehead atoms. The number of carbonyl (C=O) groups excluding carboxylic acids is 2. The first-order valence-electron chi connectivity index (χ1n) is 13.2. The van der Waals surface area contributed by atoms with Gasteiger partial charge in [-0.2, -0.15) is 5.26 Å². The second-order valence-corrected chi connectivity index (χ2v) is 12.9. The lowest BCUT2D eigenvalue weighted by atomic mass is 9.87. The number of aromatic nitrogens is 1. The molecule has 2 heterocycles. The van der Waals surface area contributed by atoms with E-state index in [-0.39, 0.29) is 34.1 Å². The number of hydrogen-bond donors (Lipinski definition) is 1. The van der Waals surface area contributed by atoms with Gasteiger partial charge in [0.25, 0.3) is 11.8 Å². The van der Waals surface area contributed by atoms with Gasteiger partial charge in [-0.3, -0.25) is 14.5 Å². The molecule has 2 atom stereocenters. The van der Waals surface area contributed by atoms with Gasteiger partial charge in [0.2, 0.25) is 15.9 Å². The zero-order valence-electron chi connectivity index (χ0n) is 22.7. The number of pyridine rings is 1. The van der Waals surface area contributed by atoms with Crippen LogP contribution in [0.1, 0.15) is 42.0 Å². The van der Waals surface area contributed by atoms with Crippen molar-refractivity contribution in [3.63, 3.8) is 0 Å². The van der Waals surface area contributed by atoms with Crippen LogP contribution in [0.25, 0.3) is 0 Å². The van der Waals surface area contributed by atoms with Gasteiger partial charge in [-0.1, -0.05) is 29.8 Å². The van der Waals surface area contributed by atoms with Gasteiger partial charge < -0.3 is 5.32 Å². The molecule has 5 rings (SSSR count). The fourth-order valence-electron chi connectivity index (χ4n) is 5.32. The lowest BCUT2D eigenvalue weighted by Gasteiger charge is -2.39. The number of alkyl halides is 2. The van der Waals surface area contributed by atoms with Gasteiger partial charge in [0.05, 0.1) is 17.4 Å². The summed E-state index contributed by atoms with van der Waals surface area (Å²) in [7, 11) is -4.05. The lowest BCUT2D eigenvalue weighted by Crippen LogP contribution is -2.56. The third-order valence-electron chi connectivity index (χ3n) is 7.31. The first-order valence-corrected chi connectivity index (χ1v) is 15.2. The molecule has 1 aromatic heterocycles. The number of nitrogens with one attached hydrogen (secondary N) is 1. The average molecular weight is 632 g/mol. The summed E-state index contributed by atoms with van der Waals surface area (Å²) in [6.45, 7) is 1.72. The number of nitriles is 1. The van der Waals surface area contributed by atoms with Gasteiger partial charge in [-0.25, -0.2) is 30.9 Å². The Labute approximate surface area is 250 Å². The Hall–Kier alpha value is -4.15. The van der Waals surface area contributed by atoms with Crippen LogP contribution in [0.4, 0.5) is 24.7 Å². The standard InChI is InChI=1S/C29H25ClF3N5O4S/c1-17-6-8-35-25(10-17)38-24(7-9-43(38,41)42)28(40)37(21-12-18(16-34)11-19(31)13-21)26(22-4-2-3-5-23(22)30)27(39)36-20-14-29(32,33)15-20/h2-6,8,10-13,20,24,26H,7,9,14-15H2,1H3,(H,36,39)/t24-,26-/m0/s1. The molecule has 2 aliphatic rings. The van der Waals surface area contributed by atoms with E-state index in [1.54, 1.807) is 25.1 Å². The van der Waals surface area contributed by atoms with E-state index in [9.17, 15) is 36.4 Å². The maximum absolute atomic E-state index is 14.8. The molecule has 1 aliphatic heterocycles. The molecule has 1 N–H and O–H groups in total. The van der Waals surface area contributed by atoms with E-state index in [0.29, 0.717) is 5.56 Å². The Bertz CT molecular complexity index is 1740. The summed E-state index contributed by atoms with van der Waals surface area (Å²) in [5.74, 6) is -6.14. The number of amides is 2. The lowest BCUT2D eigenvalue weighted by molar-refractivity contribution is -0.133. The fourth-order valence-corrected chi connectivity index (χ4v) is 7.24. The highest BCUT2D eigenvalue weighted by molar-refractivity contribution is 7.93. The molecule has 2 amide bonds. The minimum absolute atomic E-state index is 0.0248. The number of halogens is 4. The van der Waals surface area contributed by atoms with Crippen molar-refractivity contribution in [2.75, 3.05) is 15.0 Å². The Morgan fingerprint density at radius 3 is 2.56 bits per heavy atom. The Balaban J connectivity index is 1.67. The van der Waals surface area contributed by atoms with Crippen LogP contribution in [-0.2, 0) is 19.6 Å². The summed E-state index contributed by atoms with van der Waals surface area (Å²) >= 11 is 6.49. The number of rotatable bonds is 7. The van der Waals surface area contributed by atoms with Crippen molar-refractivity contribution >= 4 is 44.9 Å². The highest BCUT2D eigenvalue weighted by atomic mass is 35.5. The molecule has 43 heavy (non-hydrogen) atoms. The van der Waals surface area contributed by atoms with Gasteiger partial charge in [0.15, 0.2) is 0 Å². The topological polar surface area (TPSA) is 123 Å². The molecule has 1 saturated carbocycles. The van der Waals surface area contributed by atoms with Crippen molar-refractivity contribution < 1.29 is 31.2 Å². The molecule has 0 unspecified atom stereocenters. The Morgan fingerprint density at radius 2 is 1.91 bits per heavy atom. The fraction of sp³-hybridized carbons (Fsp3) is 0.310. The van der Waals surface area contributed by atoms with Crippen LogP contribution in [0.2, 0.25) is 5.02 Å². The monoisotopic (exact) mass is 631 g/mol. The van der Waals surface area contributed by atoms with Crippen molar-refractivity contribution in [2.45, 2.75) is 50.2 Å². The van der Waals surface area contributed by atoms with Crippen molar-refractivity contribution in [3.05, 3.63) is 88.3 Å². The number of anilines is 2. The summed E-state index contributed by atoms with van der Waals surface area (Å²) in [5.41, 5.74) is 0.331. The third-order valence-corrected chi connectivity index (χ3v) is 9.45. The Kier molecular flexibility index (Phi) is 8.11. The summed E-state index contributed by atoms with van der Waals surface area (Å²) < 4.78 is 69.4. The van der Waals surface area contributed by atoms with Gasteiger partial charge >= 0.3 is 0 Å². The quantitative estimate of drug-likeness (QED) is 0.405. The van der Waals surface area contributed by atoms with Crippen molar-refractivity contribution in [3.8, 4) is 6.07 Å². The van der Waals surface area contributed by atoms with E-state index < -0.39 is 70.3 Å². The average Bonchev–Trinajstić information content (AvgIpc) is 3.25. The van der Waals surface area contributed by atoms with Crippen LogP contribution in [0.5, 0.6) is 0 Å². The zero-order chi connectivity index (χ0) is 31.1. The normalized spacial score (nSPS) is 19.6. The Morgan fingerprint density at radius 1 is 1.19 bits per heavy atom. The molecule has 14 heteroatoms. The van der Waals surface area contributed by atoms with E-state index in [4.69, 9.17) is 11.6 Å². The van der Waals surface area contributed by atoms with E-state index in [1.165, 1.54) is 36.5 Å². The first kappa shape index (κ1) is 30.3. The predicted molar refractivity (Wildman–Crippen MR) is 153 cm³/mol. The van der Waals surface area contributed by atoms with Gasteiger partial charge in [-0.15, -0.1) is 0 Å². The molecule has 3 aromatic rings. The van der Waals surface area contributed by atoms with Gasteiger partial charge in [-0.05, 0) is 55.3 Å². The highest BCUT2D eigenvalue weighted by Gasteiger charge is 2.49. The van der Waals surface area contributed by atoms with Gasteiger partial charge in [0, 0.05) is 41.4 Å². The van der Waals surface area contributed by atoms with Crippen LogP contribution in [0.3, 0.4) is 0 Å². The second kappa shape index (κ2) is 11.5. The summed E-state index contributed by atoms with van der Waals surface area (Å²) in [6, 6.07) is 9.98. The van der Waals surface area contributed by atoms with Crippen LogP contribution < -0.4 is 14.5 Å². The molecule has 2 aromatic carbocycles. The zero-order valence-corrected chi connectivity index (χ0v) is 24.2. The smallest absolute Gasteiger partial charge is 0.252 e. The van der Waals surface area contributed by atoms with E-state index >= 15 is 0 Å². The van der Waals surface area contributed by atoms with E-state index in [0.717, 1.165) is 21.3 Å². The van der Waals surface area contributed by atoms with Crippen LogP contribution in [0.15, 0.2) is 60.8 Å². The van der Waals surface area contributed by atoms with Crippen LogP contribution in [-0.4, -0.2) is 49.0 Å². The molecular formula is C29H25ClF3N5O4S. The molecule has 9 nitrogen and oxygen atoms in total. The molecular weight excluding hydrogens is 607 g/mol. The molecule has 1 aliphatic carbocycles. The number of nitrogens with zero attached hydrogens (tertiary/aromatic N) is 4. The summed E-state index contributed by atoms with van der Waals surface area (Å²) in [5, 5.41) is 12.1. The number of aryl methyl sites for hydroxylation is 1. The van der Waals surface area contributed by atoms with Crippen LogP contribution in [0, 0.1) is 24.1 Å². The molecule has 224 valence electrons. The number of carbonyl (C=O) groups is 2. The molecule has 0 spiro atoms. The SMILES string of the molecule is Cc1ccnc(N2[C@H](C(=O)N(c3cc(F)cc(C#N)c3)[C@H](C(=O)NC3CC(F)(F)C3)c3ccccc3Cl)CCS2(=O)=O)c1. The molecule has 0 radical (unpaired) electrons. The minimum atomic E-state index is -4.05. The van der Waals surface area contributed by atoms with Crippen molar-refractivity contribution in [1.29, 1.82) is 5.26 Å². The molecule has 2 fully saturated rings. The third kappa shape index (κ3) is 6.16. The van der Waals surface area contributed by atoms with Gasteiger partial charge in [0.1, 0.15) is 23.7 Å². The van der Waals surface area contributed by atoms with Crippen molar-refractivity contribution in [1.82, 2.24) is 10.3 Å².